The zero-order chi connectivity index (χ0) is 81.3. The van der Waals surface area contributed by atoms with Gasteiger partial charge in [-0.15, -0.1) is 71.8 Å². The van der Waals surface area contributed by atoms with Crippen LogP contribution in [-0.2, 0) is 71.5 Å². The number of benzene rings is 8. The number of carbonyl (C=O) groups is 1. The van der Waals surface area contributed by atoms with Crippen LogP contribution in [0.4, 0.5) is 0 Å². The average molecular weight is 2260 g/mol. The van der Waals surface area contributed by atoms with Gasteiger partial charge in [0.05, 0.1) is 13.8 Å². The zero-order valence-electron chi connectivity index (χ0n) is 69.4. The Labute approximate surface area is 745 Å². The Hall–Kier alpha value is -8.34. The Kier molecular flexibility index (Phi) is 35.4. The van der Waals surface area contributed by atoms with Gasteiger partial charge < -0.3 is 15.1 Å². The number of carbonyl (C=O) groups excluding carboxylic acids is 1. The number of nitrogens with zero attached hydrogens (tertiary/aromatic N) is 5. The predicted octanol–water partition coefficient (Wildman–Crippen LogP) is 24.6. The molecule has 0 aliphatic heterocycles. The molecule has 115 heavy (non-hydrogen) atoms. The quantitative estimate of drug-likeness (QED) is 0.0395. The number of aliphatic hydroxyl groups is 1. The van der Waals surface area contributed by atoms with Crippen molar-refractivity contribution in [2.75, 3.05) is 0 Å². The van der Waals surface area contributed by atoms with Crippen LogP contribution in [0.5, 0.6) is 0 Å². The molecule has 16 aromatic rings. The van der Waals surface area contributed by atoms with E-state index in [-0.39, 0.29) is 98.2 Å². The molecule has 0 bridgehead atoms. The second-order valence-corrected chi connectivity index (χ2v) is 40.3. The minimum atomic E-state index is -2.12. The summed E-state index contributed by atoms with van der Waals surface area (Å²) in [5, 5.41) is 11.3. The summed E-state index contributed by atoms with van der Waals surface area (Å²) in [6.45, 7) is 19.7. The van der Waals surface area contributed by atoms with E-state index in [1.807, 2.05) is 174 Å². The first-order chi connectivity index (χ1) is 55.7. The first-order valence-corrected chi connectivity index (χ1v) is 47.0. The zero-order valence-corrected chi connectivity index (χ0v) is 79.7. The van der Waals surface area contributed by atoms with Crippen LogP contribution < -0.4 is 5.19 Å². The fourth-order valence-corrected chi connectivity index (χ4v) is 21.0. The topological polar surface area (TPSA) is 102 Å². The van der Waals surface area contributed by atoms with E-state index < -0.39 is 14.9 Å². The van der Waals surface area contributed by atoms with E-state index in [4.69, 9.17) is 19.1 Å². The van der Waals surface area contributed by atoms with Crippen LogP contribution in [0.3, 0.4) is 0 Å². The largest absolute Gasteiger partial charge is 0.305 e. The third-order valence-corrected chi connectivity index (χ3v) is 28.0. The van der Waals surface area contributed by atoms with Gasteiger partial charge in [0, 0.05) is 90.6 Å². The van der Waals surface area contributed by atoms with Gasteiger partial charge in [0.25, 0.3) is 0 Å². The minimum absolute atomic E-state index is 0. The second-order valence-electron chi connectivity index (χ2n) is 28.5. The molecule has 0 spiro atoms. The molecule has 3 radical (unpaired) electrons. The van der Waals surface area contributed by atoms with Crippen molar-refractivity contribution in [3.8, 4) is 86.3 Å². The summed E-state index contributed by atoms with van der Waals surface area (Å²) in [7, 11) is -1.34. The summed E-state index contributed by atoms with van der Waals surface area (Å²) in [6.07, 6.45) is 9.93. The van der Waals surface area contributed by atoms with Crippen LogP contribution in [0.25, 0.3) is 116 Å². The Morgan fingerprint density at radius 2 is 0.835 bits per heavy atom. The number of aliphatic hydroxyl groups excluding tert-OH is 1. The number of hydrogen-bond acceptors (Lipinski definition) is 7. The number of pyridine rings is 5. The van der Waals surface area contributed by atoms with Gasteiger partial charge in [-0.25, -0.2) is 0 Å². The molecule has 591 valence electrons. The van der Waals surface area contributed by atoms with Gasteiger partial charge in [0.2, 0.25) is 0 Å². The van der Waals surface area contributed by atoms with Crippen LogP contribution in [0, 0.1) is 61.9 Å². The van der Waals surface area contributed by atoms with Crippen LogP contribution in [0.1, 0.15) is 88.0 Å². The fraction of sp³-hybridized carbons (Fsp3) is 0.188. The van der Waals surface area contributed by atoms with Gasteiger partial charge in [-0.2, -0.15) is 0 Å². The van der Waals surface area contributed by atoms with Crippen molar-refractivity contribution in [1.82, 2.24) is 24.9 Å². The third kappa shape index (κ3) is 26.3. The van der Waals surface area contributed by atoms with Gasteiger partial charge in [-0.1, -0.05) is 84.9 Å². The molecule has 16 rings (SSSR count). The molecule has 14 heteroatoms. The standard InChI is InChI=1S/C21H16NSe.2C19H12NSe.C18H24NSi.C13H24O2.C11H8N.3Ir/c1-14-7-6-8-15(2)21(14)20-13-18-19(23-20)12-11-17(22-18)16-9-4-3-5-10-16;2*1-3-7-14(8-4-1)16-11-12-18-17(20-16)13-19(21-18)15-9-5-2-6-10-15;1-14(2)11-16-12-17(15-9-7-6-8-10-15)19-13-18(16)20(3,4)5;1-5-10(6-2)12(14)9-13(15)11(7-3)8-4;1-2-6-10(7-3-1)11-8-4-5-9-12-11;;;/h3-9,11-13H,1-2H3;2*1-7,9-13H;6-9,12-14H,11H2,1-5H3;9-11,14H,5-8H2,1-4H3;1-6,8-9H;;;/q4*-1;;-1;;;/i1D3;;;;;;;;. The Morgan fingerprint density at radius 3 is 1.22 bits per heavy atom. The number of aryl methyl sites for hydroxylation is 2. The molecule has 0 amide bonds. The molecule has 0 unspecified atom stereocenters. The fourth-order valence-electron chi connectivity index (χ4n) is 12.8. The Bertz CT molecular complexity index is 5490. The molecular formula is C101H96Ir3N5O2Se3Si-5. The van der Waals surface area contributed by atoms with E-state index in [9.17, 15) is 9.90 Å². The van der Waals surface area contributed by atoms with E-state index in [0.29, 0.717) is 40.5 Å². The second kappa shape index (κ2) is 46.6. The van der Waals surface area contributed by atoms with Crippen LogP contribution in [-0.4, -0.2) is 87.4 Å². The van der Waals surface area contributed by atoms with E-state index in [1.165, 1.54) is 49.6 Å². The summed E-state index contributed by atoms with van der Waals surface area (Å²) in [5.41, 5.74) is 19.6. The summed E-state index contributed by atoms with van der Waals surface area (Å²) in [5.74, 6) is 1.21. The number of allylic oxidation sites excluding steroid dienone is 2. The van der Waals surface area contributed by atoms with E-state index in [1.54, 1.807) is 12.3 Å². The van der Waals surface area contributed by atoms with Crippen molar-refractivity contribution in [2.24, 2.45) is 17.8 Å². The van der Waals surface area contributed by atoms with Gasteiger partial charge in [0.15, 0.2) is 5.78 Å². The minimum Gasteiger partial charge on any atom is -0.305 e. The number of ketones is 1. The Balaban J connectivity index is 0.000000178. The van der Waals surface area contributed by atoms with E-state index in [0.717, 1.165) is 121 Å². The molecule has 8 heterocycles. The maximum Gasteiger partial charge on any atom is 0.0160 e. The number of rotatable bonds is 18. The predicted molar refractivity (Wildman–Crippen MR) is 477 cm³/mol. The summed E-state index contributed by atoms with van der Waals surface area (Å²) < 4.78 is 31.4. The third-order valence-electron chi connectivity index (χ3n) is 18.9. The normalized spacial score (nSPS) is 11.4. The van der Waals surface area contributed by atoms with Crippen molar-refractivity contribution in [2.45, 2.75) is 107 Å². The van der Waals surface area contributed by atoms with Crippen molar-refractivity contribution in [3.63, 3.8) is 0 Å². The summed E-state index contributed by atoms with van der Waals surface area (Å²) in [4.78, 5) is 35.0. The molecule has 1 N–H and O–H groups in total. The number of hydrogen-bond donors (Lipinski definition) is 1. The van der Waals surface area contributed by atoms with Crippen molar-refractivity contribution in [1.29, 1.82) is 0 Å². The van der Waals surface area contributed by atoms with Crippen molar-refractivity contribution < 1.29 is 74.3 Å². The monoisotopic (exact) mass is 2260 g/mol. The molecular weight excluding hydrogens is 2160 g/mol. The Morgan fingerprint density at radius 1 is 0.443 bits per heavy atom. The number of fused-ring (bicyclic) bond motifs is 3. The van der Waals surface area contributed by atoms with Crippen LogP contribution in [0.15, 0.2) is 303 Å². The summed E-state index contributed by atoms with van der Waals surface area (Å²) >= 11 is 0.749. The van der Waals surface area contributed by atoms with E-state index >= 15 is 0 Å². The molecule has 0 saturated carbocycles. The van der Waals surface area contributed by atoms with Gasteiger partial charge in [-0.05, 0) is 60.7 Å². The van der Waals surface area contributed by atoms with Crippen LogP contribution >= 0.6 is 0 Å². The molecule has 7 nitrogen and oxygen atoms in total. The smallest absolute Gasteiger partial charge is 0.0160 e. The maximum absolute atomic E-state index is 11.7. The van der Waals surface area contributed by atoms with Gasteiger partial charge >= 0.3 is 405 Å². The van der Waals surface area contributed by atoms with Crippen LogP contribution in [0.2, 0.25) is 19.6 Å². The maximum atomic E-state index is 11.7. The van der Waals surface area contributed by atoms with Crippen molar-refractivity contribution in [3.05, 3.63) is 350 Å². The SMILES string of the molecule is CC(C)Cc1cc(-c2[c-]cccc2)ncc1[Si](C)(C)C.CCC(CC)C(=O)C=C(O)C(CC)CC.[2H]C([2H])([2H])c1cccc(C)c1-c1cc2nc(-c3[c-]cccc3)ccc2[se]1.[Ir].[Ir].[Ir].[c-]1ccccc1-c1ccc2[se]c(-c3ccccc3)cc2n1.[c-]1ccccc1-c1ccc2[se]c(-c3ccccc3)cc2n1.[c-]1ccccc1-c1ccccn1. The van der Waals surface area contributed by atoms with E-state index in [2.05, 4.69) is 213 Å². The molecule has 0 fully saturated rings. The first-order valence-electron chi connectivity index (χ1n) is 39.8. The summed E-state index contributed by atoms with van der Waals surface area (Å²) in [6, 6.07) is 110. The number of aromatic nitrogens is 5. The molecule has 0 atom stereocenters. The molecule has 8 aromatic carbocycles. The average Bonchev–Trinajstić information content (AvgIpc) is 1.64. The molecule has 0 aliphatic rings. The molecule has 8 aromatic heterocycles. The molecule has 0 saturated heterocycles. The van der Waals surface area contributed by atoms with Crippen molar-refractivity contribution >= 4 is 91.9 Å². The first kappa shape index (κ1) is 87.5. The molecule has 0 aliphatic carbocycles. The van der Waals surface area contributed by atoms with Gasteiger partial charge in [-0.3, -0.25) is 4.79 Å². The van der Waals surface area contributed by atoms with Gasteiger partial charge in [0.1, 0.15) is 0 Å².